The van der Waals surface area contributed by atoms with Gasteiger partial charge in [0.1, 0.15) is 0 Å². The molecule has 6 heteroatoms. The van der Waals surface area contributed by atoms with E-state index in [2.05, 4.69) is 24.1 Å². The molecule has 0 unspecified atom stereocenters. The van der Waals surface area contributed by atoms with E-state index in [-0.39, 0.29) is 6.04 Å². The van der Waals surface area contributed by atoms with E-state index < -0.39 is 0 Å². The largest absolute Gasteiger partial charge is 0.493 e. The molecule has 1 atom stereocenters. The van der Waals surface area contributed by atoms with Crippen molar-refractivity contribution in [2.45, 2.75) is 12.5 Å². The minimum absolute atomic E-state index is 0.00307. The number of hydrogen-bond acceptors (Lipinski definition) is 6. The fraction of sp³-hybridized carbons (Fsp3) is 0.429. The Morgan fingerprint density at radius 3 is 2.04 bits per heavy atom. The van der Waals surface area contributed by atoms with E-state index in [1.165, 1.54) is 5.56 Å². The number of fused-ring (bicyclic) bond motifs is 1. The first-order valence-corrected chi connectivity index (χ1v) is 8.83. The number of likely N-dealkylation sites (N-methyl/N-ethyl adjacent to an activating group) is 1. The molecule has 0 amide bonds. The second kappa shape index (κ2) is 7.96. The second-order valence-corrected chi connectivity index (χ2v) is 6.47. The van der Waals surface area contributed by atoms with Crippen LogP contribution in [-0.2, 0) is 6.42 Å². The molecule has 1 heterocycles. The van der Waals surface area contributed by atoms with Crippen molar-refractivity contribution in [2.75, 3.05) is 49.1 Å². The van der Waals surface area contributed by atoms with Crippen LogP contribution < -0.4 is 23.7 Å². The first kappa shape index (κ1) is 19.2. The molecule has 1 aliphatic heterocycles. The molecule has 0 saturated carbocycles. The van der Waals surface area contributed by atoms with E-state index in [0.29, 0.717) is 28.7 Å². The maximum atomic E-state index is 5.79. The number of hydrogen-bond donors (Lipinski definition) is 0. The highest BCUT2D eigenvalue weighted by Crippen LogP contribution is 2.49. The van der Waals surface area contributed by atoms with Gasteiger partial charge in [0.05, 0.1) is 41.6 Å². The number of methoxy groups -OCH3 is 5. The molecule has 0 aliphatic carbocycles. The van der Waals surface area contributed by atoms with Crippen LogP contribution in [0.1, 0.15) is 22.7 Å². The Hall–Kier alpha value is -2.60. The summed E-state index contributed by atoms with van der Waals surface area (Å²) in [5.41, 5.74) is 3.39. The monoisotopic (exact) mass is 373 g/mol. The zero-order chi connectivity index (χ0) is 19.6. The lowest BCUT2D eigenvalue weighted by Gasteiger charge is -2.36. The van der Waals surface area contributed by atoms with Crippen LogP contribution in [0.2, 0.25) is 0 Å². The van der Waals surface area contributed by atoms with Gasteiger partial charge in [-0.25, -0.2) is 0 Å². The van der Waals surface area contributed by atoms with Crippen LogP contribution >= 0.6 is 0 Å². The van der Waals surface area contributed by atoms with Gasteiger partial charge in [-0.2, -0.15) is 0 Å². The molecular weight excluding hydrogens is 346 g/mol. The molecule has 0 N–H and O–H groups in total. The lowest BCUT2D eigenvalue weighted by Crippen LogP contribution is -2.33. The highest BCUT2D eigenvalue weighted by atomic mass is 16.5. The van der Waals surface area contributed by atoms with Gasteiger partial charge in [-0.3, -0.25) is 4.90 Å². The third-order valence-electron chi connectivity index (χ3n) is 5.13. The minimum atomic E-state index is 0.00307. The molecule has 3 rings (SSSR count). The highest BCUT2D eigenvalue weighted by molar-refractivity contribution is 5.62. The molecule has 0 aromatic heterocycles. The molecule has 1 aliphatic rings. The van der Waals surface area contributed by atoms with E-state index >= 15 is 0 Å². The summed E-state index contributed by atoms with van der Waals surface area (Å²) < 4.78 is 27.8. The van der Waals surface area contributed by atoms with E-state index in [1.807, 2.05) is 12.1 Å². The number of rotatable bonds is 6. The zero-order valence-electron chi connectivity index (χ0n) is 16.8. The van der Waals surface area contributed by atoms with Crippen LogP contribution in [0.15, 0.2) is 24.3 Å². The van der Waals surface area contributed by atoms with Gasteiger partial charge in [-0.15, -0.1) is 0 Å². The Morgan fingerprint density at radius 1 is 0.778 bits per heavy atom. The maximum Gasteiger partial charge on any atom is 0.203 e. The summed E-state index contributed by atoms with van der Waals surface area (Å²) in [6, 6.07) is 8.07. The van der Waals surface area contributed by atoms with Crippen LogP contribution in [0, 0.1) is 0 Å². The smallest absolute Gasteiger partial charge is 0.203 e. The summed E-state index contributed by atoms with van der Waals surface area (Å²) >= 11 is 0. The van der Waals surface area contributed by atoms with E-state index in [1.54, 1.807) is 35.5 Å². The molecule has 146 valence electrons. The van der Waals surface area contributed by atoms with E-state index in [0.717, 1.165) is 24.1 Å². The summed E-state index contributed by atoms with van der Waals surface area (Å²) in [6.45, 7) is 0.921. The van der Waals surface area contributed by atoms with Crippen molar-refractivity contribution < 1.29 is 23.7 Å². The van der Waals surface area contributed by atoms with Gasteiger partial charge in [-0.1, -0.05) is 6.07 Å². The van der Waals surface area contributed by atoms with Gasteiger partial charge in [0.25, 0.3) is 0 Å². The predicted molar refractivity (Wildman–Crippen MR) is 104 cm³/mol. The standard InChI is InChI=1S/C21H27NO5/c1-22-10-9-13-11-17(25-4)20(26-5)21(27-6)18(13)19(22)14-7-8-15(23-2)16(12-14)24-3/h7-8,11-12,19H,9-10H2,1-6H3/t19-/m0/s1. The van der Waals surface area contributed by atoms with Crippen molar-refractivity contribution in [2.24, 2.45) is 0 Å². The molecular formula is C21H27NO5. The summed E-state index contributed by atoms with van der Waals surface area (Å²) in [4.78, 5) is 2.30. The van der Waals surface area contributed by atoms with Gasteiger partial charge < -0.3 is 23.7 Å². The third-order valence-corrected chi connectivity index (χ3v) is 5.13. The fourth-order valence-electron chi connectivity index (χ4n) is 3.83. The fourth-order valence-corrected chi connectivity index (χ4v) is 3.83. The molecule has 6 nitrogen and oxygen atoms in total. The Balaban J connectivity index is 2.22. The van der Waals surface area contributed by atoms with Gasteiger partial charge >= 0.3 is 0 Å². The summed E-state index contributed by atoms with van der Waals surface area (Å²) in [5, 5.41) is 0. The lowest BCUT2D eigenvalue weighted by atomic mass is 9.87. The Bertz CT molecular complexity index is 821. The Morgan fingerprint density at radius 2 is 1.44 bits per heavy atom. The second-order valence-electron chi connectivity index (χ2n) is 6.47. The molecule has 2 aromatic carbocycles. The van der Waals surface area contributed by atoms with Crippen LogP contribution in [0.5, 0.6) is 28.7 Å². The van der Waals surface area contributed by atoms with Crippen molar-refractivity contribution in [3.05, 3.63) is 41.0 Å². The van der Waals surface area contributed by atoms with Gasteiger partial charge in [0, 0.05) is 12.1 Å². The molecule has 0 saturated heterocycles. The van der Waals surface area contributed by atoms with Gasteiger partial charge in [-0.05, 0) is 42.8 Å². The molecule has 27 heavy (non-hydrogen) atoms. The Labute approximate surface area is 160 Å². The molecule has 0 spiro atoms. The first-order valence-electron chi connectivity index (χ1n) is 8.83. The van der Waals surface area contributed by atoms with Crippen LogP contribution in [0.3, 0.4) is 0 Å². The van der Waals surface area contributed by atoms with Gasteiger partial charge in [0.15, 0.2) is 23.0 Å². The normalized spacial score (nSPS) is 16.4. The molecule has 0 fully saturated rings. The van der Waals surface area contributed by atoms with Crippen LogP contribution in [0.25, 0.3) is 0 Å². The maximum absolute atomic E-state index is 5.79. The van der Waals surface area contributed by atoms with Crippen molar-refractivity contribution in [1.29, 1.82) is 0 Å². The lowest BCUT2D eigenvalue weighted by molar-refractivity contribution is 0.249. The summed E-state index contributed by atoms with van der Waals surface area (Å²) in [5.74, 6) is 3.41. The van der Waals surface area contributed by atoms with Gasteiger partial charge in [0.2, 0.25) is 5.75 Å². The van der Waals surface area contributed by atoms with E-state index in [4.69, 9.17) is 23.7 Å². The number of benzene rings is 2. The topological polar surface area (TPSA) is 49.4 Å². The third kappa shape index (κ3) is 3.25. The Kier molecular flexibility index (Phi) is 5.65. The number of nitrogens with zero attached hydrogens (tertiary/aromatic N) is 1. The summed E-state index contributed by atoms with van der Waals surface area (Å²) in [7, 11) is 10.3. The average molecular weight is 373 g/mol. The van der Waals surface area contributed by atoms with Crippen molar-refractivity contribution in [3.8, 4) is 28.7 Å². The minimum Gasteiger partial charge on any atom is -0.493 e. The zero-order valence-corrected chi connectivity index (χ0v) is 16.8. The van der Waals surface area contributed by atoms with Crippen molar-refractivity contribution in [1.82, 2.24) is 4.90 Å². The highest BCUT2D eigenvalue weighted by Gasteiger charge is 2.33. The number of ether oxygens (including phenoxy) is 5. The summed E-state index contributed by atoms with van der Waals surface area (Å²) in [6.07, 6.45) is 0.909. The molecule has 2 aromatic rings. The van der Waals surface area contributed by atoms with Crippen LogP contribution in [-0.4, -0.2) is 54.0 Å². The molecule has 0 radical (unpaired) electrons. The van der Waals surface area contributed by atoms with E-state index in [9.17, 15) is 0 Å². The first-order chi connectivity index (χ1) is 13.1. The van der Waals surface area contributed by atoms with Crippen LogP contribution in [0.4, 0.5) is 0 Å². The average Bonchev–Trinajstić information content (AvgIpc) is 2.71. The van der Waals surface area contributed by atoms with Crippen molar-refractivity contribution >= 4 is 0 Å². The molecule has 0 bridgehead atoms. The van der Waals surface area contributed by atoms with Crippen molar-refractivity contribution in [3.63, 3.8) is 0 Å². The SMILES string of the molecule is COc1ccc([C@H]2c3c(cc(OC)c(OC)c3OC)CCN2C)cc1OC. The quantitative estimate of drug-likeness (QED) is 0.774. The predicted octanol–water partition coefficient (Wildman–Crippen LogP) is 3.31.